The molecule has 1 aromatic carbocycles. The van der Waals surface area contributed by atoms with Gasteiger partial charge in [0.1, 0.15) is 5.82 Å². The topological polar surface area (TPSA) is 59.5 Å². The van der Waals surface area contributed by atoms with Gasteiger partial charge in [-0.25, -0.2) is 4.98 Å². The number of rotatable bonds is 4. The number of fused-ring (bicyclic) bond motifs is 1. The SMILES string of the molecule is Cc1cc(NCc2ccc3c(c2)OCO3)nc(N2CCCCC2)n1. The van der Waals surface area contributed by atoms with Crippen molar-refractivity contribution in [3.05, 3.63) is 35.5 Å². The molecule has 2 aliphatic heterocycles. The first-order valence-electron chi connectivity index (χ1n) is 8.51. The highest BCUT2D eigenvalue weighted by atomic mass is 16.7. The van der Waals surface area contributed by atoms with Gasteiger partial charge in [0.05, 0.1) is 0 Å². The van der Waals surface area contributed by atoms with E-state index in [2.05, 4.69) is 15.2 Å². The van der Waals surface area contributed by atoms with Gasteiger partial charge >= 0.3 is 0 Å². The van der Waals surface area contributed by atoms with Crippen molar-refractivity contribution in [2.45, 2.75) is 32.7 Å². The number of nitrogens with zero attached hydrogens (tertiary/aromatic N) is 3. The molecule has 3 heterocycles. The van der Waals surface area contributed by atoms with Crippen LogP contribution in [0.4, 0.5) is 11.8 Å². The van der Waals surface area contributed by atoms with Crippen molar-refractivity contribution in [1.82, 2.24) is 9.97 Å². The third-order valence-corrected chi connectivity index (χ3v) is 4.39. The second-order valence-corrected chi connectivity index (χ2v) is 6.28. The Bertz CT molecular complexity index is 729. The van der Waals surface area contributed by atoms with Crippen LogP contribution >= 0.6 is 0 Å². The average Bonchev–Trinajstić information content (AvgIpc) is 3.08. The number of ether oxygens (including phenoxy) is 2. The molecule has 126 valence electrons. The van der Waals surface area contributed by atoms with Gasteiger partial charge in [0.25, 0.3) is 0 Å². The first-order valence-corrected chi connectivity index (χ1v) is 8.51. The molecular weight excluding hydrogens is 304 g/mol. The molecule has 0 saturated carbocycles. The molecule has 2 aliphatic rings. The van der Waals surface area contributed by atoms with E-state index in [-0.39, 0.29) is 0 Å². The van der Waals surface area contributed by atoms with E-state index in [1.165, 1.54) is 19.3 Å². The normalized spacial score (nSPS) is 16.3. The van der Waals surface area contributed by atoms with E-state index in [9.17, 15) is 0 Å². The molecule has 0 atom stereocenters. The minimum Gasteiger partial charge on any atom is -0.454 e. The number of benzene rings is 1. The summed E-state index contributed by atoms with van der Waals surface area (Å²) in [6.07, 6.45) is 3.74. The van der Waals surface area contributed by atoms with Gasteiger partial charge in [0.2, 0.25) is 12.7 Å². The van der Waals surface area contributed by atoms with Gasteiger partial charge in [-0.1, -0.05) is 6.07 Å². The van der Waals surface area contributed by atoms with Crippen LogP contribution in [0.3, 0.4) is 0 Å². The molecule has 1 fully saturated rings. The average molecular weight is 326 g/mol. The molecule has 1 aromatic heterocycles. The van der Waals surface area contributed by atoms with Crippen molar-refractivity contribution in [2.75, 3.05) is 30.1 Å². The number of hydrogen-bond acceptors (Lipinski definition) is 6. The van der Waals surface area contributed by atoms with E-state index in [0.717, 1.165) is 47.6 Å². The Labute approximate surface area is 141 Å². The summed E-state index contributed by atoms with van der Waals surface area (Å²) >= 11 is 0. The summed E-state index contributed by atoms with van der Waals surface area (Å²) < 4.78 is 10.8. The Morgan fingerprint density at radius 3 is 2.75 bits per heavy atom. The number of anilines is 2. The van der Waals surface area contributed by atoms with Crippen LogP contribution in [0.15, 0.2) is 24.3 Å². The molecule has 0 bridgehead atoms. The number of nitrogens with one attached hydrogen (secondary N) is 1. The van der Waals surface area contributed by atoms with Gasteiger partial charge in [-0.15, -0.1) is 0 Å². The summed E-state index contributed by atoms with van der Waals surface area (Å²) in [7, 11) is 0. The predicted molar refractivity (Wildman–Crippen MR) is 92.7 cm³/mol. The van der Waals surface area contributed by atoms with Gasteiger partial charge in [-0.05, 0) is 43.9 Å². The van der Waals surface area contributed by atoms with E-state index in [1.807, 2.05) is 31.2 Å². The first kappa shape index (κ1) is 15.1. The van der Waals surface area contributed by atoms with E-state index in [0.29, 0.717) is 13.3 Å². The predicted octanol–water partition coefficient (Wildman–Crippen LogP) is 3.12. The third kappa shape index (κ3) is 3.22. The van der Waals surface area contributed by atoms with Crippen LogP contribution in [0.25, 0.3) is 0 Å². The summed E-state index contributed by atoms with van der Waals surface area (Å²) in [6, 6.07) is 7.99. The van der Waals surface area contributed by atoms with Crippen molar-refractivity contribution in [3.63, 3.8) is 0 Å². The second-order valence-electron chi connectivity index (χ2n) is 6.28. The van der Waals surface area contributed by atoms with Crippen LogP contribution in [0, 0.1) is 6.92 Å². The quantitative estimate of drug-likeness (QED) is 0.931. The van der Waals surface area contributed by atoms with Crippen LogP contribution in [0.1, 0.15) is 30.5 Å². The molecule has 0 radical (unpaired) electrons. The zero-order valence-electron chi connectivity index (χ0n) is 13.9. The highest BCUT2D eigenvalue weighted by molar-refractivity contribution is 5.47. The maximum absolute atomic E-state index is 5.43. The second kappa shape index (κ2) is 6.55. The third-order valence-electron chi connectivity index (χ3n) is 4.39. The zero-order valence-corrected chi connectivity index (χ0v) is 13.9. The Morgan fingerprint density at radius 2 is 1.88 bits per heavy atom. The Balaban J connectivity index is 1.47. The fourth-order valence-corrected chi connectivity index (χ4v) is 3.12. The standard InChI is InChI=1S/C18H22N4O2/c1-13-9-17(21-18(20-13)22-7-3-2-4-8-22)19-11-14-5-6-15-16(10-14)24-12-23-15/h5-6,9-10H,2-4,7-8,11-12H2,1H3,(H,19,20,21). The molecular formula is C18H22N4O2. The van der Waals surface area contributed by atoms with Crippen LogP contribution in [-0.4, -0.2) is 29.9 Å². The fourth-order valence-electron chi connectivity index (χ4n) is 3.12. The molecule has 2 aromatic rings. The molecule has 0 unspecified atom stereocenters. The van der Waals surface area contributed by atoms with Crippen LogP contribution in [0.2, 0.25) is 0 Å². The smallest absolute Gasteiger partial charge is 0.231 e. The number of aromatic nitrogens is 2. The molecule has 1 N–H and O–H groups in total. The van der Waals surface area contributed by atoms with Crippen LogP contribution in [-0.2, 0) is 6.54 Å². The fraction of sp³-hybridized carbons (Fsp3) is 0.444. The Morgan fingerprint density at radius 1 is 1.04 bits per heavy atom. The summed E-state index contributed by atoms with van der Waals surface area (Å²) in [4.78, 5) is 11.6. The van der Waals surface area contributed by atoms with Crippen molar-refractivity contribution in [2.24, 2.45) is 0 Å². The molecule has 24 heavy (non-hydrogen) atoms. The van der Waals surface area contributed by atoms with Gasteiger partial charge in [0, 0.05) is 31.4 Å². The lowest BCUT2D eigenvalue weighted by Crippen LogP contribution is -2.31. The minimum absolute atomic E-state index is 0.302. The Kier molecular flexibility index (Phi) is 4.11. The Hall–Kier alpha value is -2.50. The van der Waals surface area contributed by atoms with Crippen molar-refractivity contribution in [3.8, 4) is 11.5 Å². The van der Waals surface area contributed by atoms with Gasteiger partial charge in [-0.3, -0.25) is 0 Å². The molecule has 6 heteroatoms. The van der Waals surface area contributed by atoms with E-state index >= 15 is 0 Å². The molecule has 6 nitrogen and oxygen atoms in total. The summed E-state index contributed by atoms with van der Waals surface area (Å²) in [5.41, 5.74) is 2.12. The number of aryl methyl sites for hydroxylation is 1. The highest BCUT2D eigenvalue weighted by Gasteiger charge is 2.15. The minimum atomic E-state index is 0.302. The van der Waals surface area contributed by atoms with Crippen molar-refractivity contribution in [1.29, 1.82) is 0 Å². The van der Waals surface area contributed by atoms with Crippen LogP contribution < -0.4 is 19.7 Å². The summed E-state index contributed by atoms with van der Waals surface area (Å²) in [5.74, 6) is 3.31. The van der Waals surface area contributed by atoms with E-state index < -0.39 is 0 Å². The molecule has 4 rings (SSSR count). The number of piperidine rings is 1. The lowest BCUT2D eigenvalue weighted by molar-refractivity contribution is 0.174. The lowest BCUT2D eigenvalue weighted by atomic mass is 10.1. The maximum Gasteiger partial charge on any atom is 0.231 e. The van der Waals surface area contributed by atoms with Gasteiger partial charge in [-0.2, -0.15) is 4.98 Å². The number of hydrogen-bond donors (Lipinski definition) is 1. The maximum atomic E-state index is 5.43. The van der Waals surface area contributed by atoms with E-state index in [4.69, 9.17) is 14.5 Å². The largest absolute Gasteiger partial charge is 0.454 e. The molecule has 0 aliphatic carbocycles. The van der Waals surface area contributed by atoms with Gasteiger partial charge in [0.15, 0.2) is 11.5 Å². The lowest BCUT2D eigenvalue weighted by Gasteiger charge is -2.27. The molecule has 0 spiro atoms. The zero-order chi connectivity index (χ0) is 16.4. The van der Waals surface area contributed by atoms with Gasteiger partial charge < -0.3 is 19.7 Å². The van der Waals surface area contributed by atoms with E-state index in [1.54, 1.807) is 0 Å². The summed E-state index contributed by atoms with van der Waals surface area (Å²) in [6.45, 7) is 5.10. The van der Waals surface area contributed by atoms with Crippen molar-refractivity contribution >= 4 is 11.8 Å². The van der Waals surface area contributed by atoms with Crippen LogP contribution in [0.5, 0.6) is 11.5 Å². The summed E-state index contributed by atoms with van der Waals surface area (Å²) in [5, 5.41) is 3.40. The van der Waals surface area contributed by atoms with Crippen molar-refractivity contribution < 1.29 is 9.47 Å². The molecule has 0 amide bonds. The highest BCUT2D eigenvalue weighted by Crippen LogP contribution is 2.32. The monoisotopic (exact) mass is 326 g/mol. The molecule has 1 saturated heterocycles. The first-order chi connectivity index (χ1) is 11.8.